The van der Waals surface area contributed by atoms with Crippen molar-refractivity contribution in [2.45, 2.75) is 47.1 Å². The summed E-state index contributed by atoms with van der Waals surface area (Å²) < 4.78 is 16.1. The Kier molecular flexibility index (Phi) is 8.07. The minimum Gasteiger partial charge on any atom is -0.493 e. The molecule has 3 N–H and O–H groups in total. The Morgan fingerprint density at radius 1 is 1.06 bits per heavy atom. The number of aromatic amines is 1. The van der Waals surface area contributed by atoms with E-state index in [2.05, 4.69) is 15.8 Å². The molecule has 2 rings (SSSR count). The summed E-state index contributed by atoms with van der Waals surface area (Å²) in [5, 5.41) is 0. The molecule has 0 bridgehead atoms. The van der Waals surface area contributed by atoms with Gasteiger partial charge in [-0.3, -0.25) is 20.4 Å². The van der Waals surface area contributed by atoms with Gasteiger partial charge in [0.1, 0.15) is 5.69 Å². The number of aryl methyl sites for hydroxylation is 1. The molecule has 0 fully saturated rings. The topological polar surface area (TPSA) is 119 Å². The lowest BCUT2D eigenvalue weighted by atomic mass is 10.1. The minimum absolute atomic E-state index is 0.161. The molecule has 0 aliphatic carbocycles. The summed E-state index contributed by atoms with van der Waals surface area (Å²) in [6, 6.07) is 4.73. The quantitative estimate of drug-likeness (QED) is 0.437. The van der Waals surface area contributed by atoms with E-state index in [0.29, 0.717) is 34.9 Å². The number of aromatic nitrogens is 1. The third-order valence-electron chi connectivity index (χ3n) is 4.39. The van der Waals surface area contributed by atoms with Gasteiger partial charge in [-0.15, -0.1) is 0 Å². The van der Waals surface area contributed by atoms with Crippen LogP contribution in [0.1, 0.15) is 69.7 Å². The molecule has 0 atom stereocenters. The molecule has 0 unspecified atom stereocenters. The summed E-state index contributed by atoms with van der Waals surface area (Å²) in [5.41, 5.74) is 6.40. The van der Waals surface area contributed by atoms with Gasteiger partial charge in [-0.05, 0) is 57.9 Å². The van der Waals surface area contributed by atoms with Crippen molar-refractivity contribution < 1.29 is 28.6 Å². The maximum atomic E-state index is 12.6. The number of hydrazine groups is 1. The molecule has 9 heteroatoms. The predicted octanol–water partition coefficient (Wildman–Crippen LogP) is 3.07. The van der Waals surface area contributed by atoms with Gasteiger partial charge in [0.05, 0.1) is 25.4 Å². The molecule has 0 saturated heterocycles. The van der Waals surface area contributed by atoms with Gasteiger partial charge in [0.25, 0.3) is 11.8 Å². The van der Waals surface area contributed by atoms with Gasteiger partial charge in [-0.1, -0.05) is 6.92 Å². The fraction of sp³-hybridized carbons (Fsp3) is 0.409. The molecule has 2 aromatic rings. The molecule has 0 aliphatic heterocycles. The Bertz CT molecular complexity index is 964. The molecule has 2 amide bonds. The second-order valence-corrected chi connectivity index (χ2v) is 7.20. The molecule has 0 aliphatic rings. The standard InChI is InChI=1S/C22H29N3O6/c1-7-10-30-16-9-8-15(11-17(16)29-6)20(26)24-25-21(27)19-13(4)18(14(5)23-19)22(28)31-12(2)3/h8-9,11-12,23H,7,10H2,1-6H3,(H,24,26)(H,25,27). The largest absolute Gasteiger partial charge is 0.493 e. The van der Waals surface area contributed by atoms with Gasteiger partial charge in [-0.2, -0.15) is 0 Å². The van der Waals surface area contributed by atoms with Crippen LogP contribution in [0, 0.1) is 13.8 Å². The van der Waals surface area contributed by atoms with E-state index >= 15 is 0 Å². The van der Waals surface area contributed by atoms with Crippen LogP contribution < -0.4 is 20.3 Å². The molecule has 9 nitrogen and oxygen atoms in total. The zero-order chi connectivity index (χ0) is 23.1. The maximum absolute atomic E-state index is 12.6. The molecular formula is C22H29N3O6. The van der Waals surface area contributed by atoms with E-state index in [1.165, 1.54) is 13.2 Å². The van der Waals surface area contributed by atoms with Crippen molar-refractivity contribution in [1.29, 1.82) is 0 Å². The van der Waals surface area contributed by atoms with E-state index in [4.69, 9.17) is 14.2 Å². The first-order chi connectivity index (χ1) is 14.7. The number of amides is 2. The number of esters is 1. The van der Waals surface area contributed by atoms with E-state index in [9.17, 15) is 14.4 Å². The highest BCUT2D eigenvalue weighted by molar-refractivity contribution is 6.02. The first kappa shape index (κ1) is 23.8. The minimum atomic E-state index is -0.590. The van der Waals surface area contributed by atoms with Crippen molar-refractivity contribution >= 4 is 17.8 Å². The smallest absolute Gasteiger partial charge is 0.340 e. The fourth-order valence-corrected chi connectivity index (χ4v) is 2.94. The second-order valence-electron chi connectivity index (χ2n) is 7.20. The van der Waals surface area contributed by atoms with Crippen LogP contribution in [0.3, 0.4) is 0 Å². The van der Waals surface area contributed by atoms with Crippen LogP contribution >= 0.6 is 0 Å². The number of methoxy groups -OCH3 is 1. The van der Waals surface area contributed by atoms with Crippen LogP contribution in [-0.4, -0.2) is 42.6 Å². The number of rotatable bonds is 8. The van der Waals surface area contributed by atoms with Crippen LogP contribution in [0.2, 0.25) is 0 Å². The summed E-state index contributed by atoms with van der Waals surface area (Å²) >= 11 is 0. The van der Waals surface area contributed by atoms with Crippen molar-refractivity contribution in [3.63, 3.8) is 0 Å². The van der Waals surface area contributed by atoms with Crippen molar-refractivity contribution in [3.05, 3.63) is 46.3 Å². The monoisotopic (exact) mass is 431 g/mol. The van der Waals surface area contributed by atoms with E-state index in [1.54, 1.807) is 39.8 Å². The fourth-order valence-electron chi connectivity index (χ4n) is 2.94. The summed E-state index contributed by atoms with van der Waals surface area (Å²) in [6.07, 6.45) is 0.555. The zero-order valence-corrected chi connectivity index (χ0v) is 18.7. The predicted molar refractivity (Wildman–Crippen MR) is 115 cm³/mol. The van der Waals surface area contributed by atoms with Crippen LogP contribution in [0.5, 0.6) is 11.5 Å². The molecule has 0 radical (unpaired) electrons. The Morgan fingerprint density at radius 3 is 2.35 bits per heavy atom. The molecule has 1 aromatic heterocycles. The molecule has 168 valence electrons. The van der Waals surface area contributed by atoms with E-state index < -0.39 is 17.8 Å². The second kappa shape index (κ2) is 10.5. The Balaban J connectivity index is 2.09. The van der Waals surface area contributed by atoms with Crippen molar-refractivity contribution in [1.82, 2.24) is 15.8 Å². The summed E-state index contributed by atoms with van der Waals surface area (Å²) in [7, 11) is 1.48. The van der Waals surface area contributed by atoms with Crippen molar-refractivity contribution in [2.75, 3.05) is 13.7 Å². The number of hydrogen-bond donors (Lipinski definition) is 3. The lowest BCUT2D eigenvalue weighted by Crippen LogP contribution is -2.42. The van der Waals surface area contributed by atoms with Crippen LogP contribution in [-0.2, 0) is 4.74 Å². The Hall–Kier alpha value is -3.49. The summed E-state index contributed by atoms with van der Waals surface area (Å²) in [4.78, 5) is 40.2. The lowest BCUT2D eigenvalue weighted by Gasteiger charge is -2.12. The Labute approximate surface area is 181 Å². The molecular weight excluding hydrogens is 402 g/mol. The van der Waals surface area contributed by atoms with Crippen molar-refractivity contribution in [2.24, 2.45) is 0 Å². The first-order valence-electron chi connectivity index (χ1n) is 10.0. The number of carbonyl (C=O) groups excluding carboxylic acids is 3. The average molecular weight is 431 g/mol. The molecule has 31 heavy (non-hydrogen) atoms. The summed E-state index contributed by atoms with van der Waals surface area (Å²) in [5.74, 6) is -0.692. The Morgan fingerprint density at radius 2 is 1.74 bits per heavy atom. The van der Waals surface area contributed by atoms with Crippen LogP contribution in [0.15, 0.2) is 18.2 Å². The van der Waals surface area contributed by atoms with E-state index in [1.807, 2.05) is 6.92 Å². The number of nitrogens with one attached hydrogen (secondary N) is 3. The number of carbonyl (C=O) groups is 3. The molecule has 0 spiro atoms. The molecule has 1 aromatic carbocycles. The molecule has 0 saturated carbocycles. The zero-order valence-electron chi connectivity index (χ0n) is 18.7. The van der Waals surface area contributed by atoms with E-state index in [0.717, 1.165) is 6.42 Å². The number of benzene rings is 1. The molecule has 1 heterocycles. The van der Waals surface area contributed by atoms with Gasteiger partial charge in [0.15, 0.2) is 11.5 Å². The van der Waals surface area contributed by atoms with Gasteiger partial charge >= 0.3 is 5.97 Å². The third-order valence-corrected chi connectivity index (χ3v) is 4.39. The number of H-pyrrole nitrogens is 1. The number of hydrogen-bond acceptors (Lipinski definition) is 6. The van der Waals surface area contributed by atoms with Gasteiger partial charge < -0.3 is 19.2 Å². The van der Waals surface area contributed by atoms with Crippen LogP contribution in [0.25, 0.3) is 0 Å². The van der Waals surface area contributed by atoms with Gasteiger partial charge in [-0.25, -0.2) is 4.79 Å². The van der Waals surface area contributed by atoms with Gasteiger partial charge in [0.2, 0.25) is 0 Å². The highest BCUT2D eigenvalue weighted by Gasteiger charge is 2.24. The maximum Gasteiger partial charge on any atom is 0.340 e. The van der Waals surface area contributed by atoms with Crippen LogP contribution in [0.4, 0.5) is 0 Å². The number of ether oxygens (including phenoxy) is 3. The lowest BCUT2D eigenvalue weighted by molar-refractivity contribution is 0.0376. The first-order valence-corrected chi connectivity index (χ1v) is 10.0. The highest BCUT2D eigenvalue weighted by atomic mass is 16.5. The van der Waals surface area contributed by atoms with Crippen molar-refractivity contribution in [3.8, 4) is 11.5 Å². The summed E-state index contributed by atoms with van der Waals surface area (Å²) in [6.45, 7) is 9.32. The third kappa shape index (κ3) is 5.78. The normalized spacial score (nSPS) is 10.5. The average Bonchev–Trinajstić information content (AvgIpc) is 3.03. The SMILES string of the molecule is CCCOc1ccc(C(=O)NNC(=O)c2[nH]c(C)c(C(=O)OC(C)C)c2C)cc1OC. The van der Waals surface area contributed by atoms with E-state index in [-0.39, 0.29) is 17.4 Å². The highest BCUT2D eigenvalue weighted by Crippen LogP contribution is 2.28. The van der Waals surface area contributed by atoms with Gasteiger partial charge in [0, 0.05) is 11.3 Å².